The van der Waals surface area contributed by atoms with E-state index in [0.717, 1.165) is 69.1 Å². The molecule has 1 saturated carbocycles. The first kappa shape index (κ1) is 30.2. The van der Waals surface area contributed by atoms with Crippen molar-refractivity contribution in [3.8, 4) is 0 Å². The lowest BCUT2D eigenvalue weighted by Gasteiger charge is -2.13. The molecule has 9 nitrogen and oxygen atoms in total. The largest absolute Gasteiger partial charge is 0.469 e. The average molecular weight is 605 g/mol. The summed E-state index contributed by atoms with van der Waals surface area (Å²) in [4.78, 5) is 59.7. The van der Waals surface area contributed by atoms with E-state index in [-0.39, 0.29) is 18.2 Å². The van der Waals surface area contributed by atoms with Crippen molar-refractivity contribution >= 4 is 40.6 Å². The standard InChI is InChI=1S/C36H36N4O5/c1-9-20-16(3)23-13-25-18(5)22(11-12-29(41)44-7)33(39-25)31-32(36(43)45-8)35(42)30-19(6)26(40-34(30)31)15-28-21(10-2)17(4)24(38-28)14-27(20)37-23/h13-15,32H,9-12H2,1-8H3. The highest BCUT2D eigenvalue weighted by atomic mass is 16.5. The van der Waals surface area contributed by atoms with Gasteiger partial charge in [-0.25, -0.2) is 20.0 Å². The highest BCUT2D eigenvalue weighted by Crippen LogP contribution is 2.46. The summed E-state index contributed by atoms with van der Waals surface area (Å²) in [6, 6.07) is 0. The van der Waals surface area contributed by atoms with Gasteiger partial charge >= 0.3 is 11.9 Å². The molecular weight excluding hydrogens is 568 g/mol. The second-order valence-electron chi connectivity index (χ2n) is 11.7. The molecule has 0 spiro atoms. The van der Waals surface area contributed by atoms with E-state index < -0.39 is 11.9 Å². The molecule has 6 rings (SSSR count). The van der Waals surface area contributed by atoms with E-state index in [0.29, 0.717) is 46.0 Å². The van der Waals surface area contributed by atoms with Gasteiger partial charge in [-0.2, -0.15) is 0 Å². The molecule has 8 bridgehead atoms. The van der Waals surface area contributed by atoms with Crippen LogP contribution in [0.1, 0.15) is 67.2 Å². The smallest absolute Gasteiger partial charge is 0.321 e. The minimum Gasteiger partial charge on any atom is -0.469 e. The van der Waals surface area contributed by atoms with Crippen LogP contribution < -0.4 is 0 Å². The van der Waals surface area contributed by atoms with E-state index in [9.17, 15) is 14.4 Å². The van der Waals surface area contributed by atoms with Crippen molar-refractivity contribution in [1.82, 2.24) is 0 Å². The predicted octanol–water partition coefficient (Wildman–Crippen LogP) is 6.14. The number of ketones is 1. The van der Waals surface area contributed by atoms with Gasteiger partial charge in [-0.1, -0.05) is 13.8 Å². The number of nitrogens with zero attached hydrogens (tertiary/aromatic N) is 4. The van der Waals surface area contributed by atoms with Crippen LogP contribution in [0.4, 0.5) is 0 Å². The van der Waals surface area contributed by atoms with Crippen LogP contribution in [-0.2, 0) is 23.9 Å². The van der Waals surface area contributed by atoms with E-state index in [4.69, 9.17) is 29.4 Å². The molecule has 1 atom stereocenters. The van der Waals surface area contributed by atoms with Crippen LogP contribution in [-0.4, -0.2) is 54.8 Å². The number of fused-ring (bicyclic) bond motifs is 4. The zero-order chi connectivity index (χ0) is 32.3. The summed E-state index contributed by atoms with van der Waals surface area (Å²) in [6.07, 6.45) is 7.91. The van der Waals surface area contributed by atoms with Gasteiger partial charge < -0.3 is 9.47 Å². The summed E-state index contributed by atoms with van der Waals surface area (Å²) in [6.45, 7) is 12.1. The Bertz CT molecular complexity index is 1910. The number of hydrogen-bond acceptors (Lipinski definition) is 9. The van der Waals surface area contributed by atoms with Gasteiger partial charge in [0.15, 0.2) is 5.78 Å². The molecule has 6 aliphatic rings. The Morgan fingerprint density at radius 3 is 1.80 bits per heavy atom. The molecule has 9 heteroatoms. The minimum absolute atomic E-state index is 0.107. The van der Waals surface area contributed by atoms with Gasteiger partial charge in [0.1, 0.15) is 5.92 Å². The number of carbonyl (C=O) groups excluding carboxylic acids is 3. The molecule has 1 fully saturated rings. The van der Waals surface area contributed by atoms with E-state index in [1.807, 2.05) is 26.0 Å². The highest BCUT2D eigenvalue weighted by Gasteiger charge is 2.50. The van der Waals surface area contributed by atoms with Crippen molar-refractivity contribution < 1.29 is 23.9 Å². The Hall–Kier alpha value is -4.79. The third-order valence-corrected chi connectivity index (χ3v) is 9.44. The molecule has 5 heterocycles. The van der Waals surface area contributed by atoms with Gasteiger partial charge in [-0.05, 0) is 104 Å². The molecule has 230 valence electrons. The van der Waals surface area contributed by atoms with Crippen molar-refractivity contribution in [2.24, 2.45) is 25.9 Å². The van der Waals surface area contributed by atoms with Crippen molar-refractivity contribution in [3.05, 3.63) is 91.2 Å². The maximum Gasteiger partial charge on any atom is 0.321 e. The van der Waals surface area contributed by atoms with Crippen LogP contribution in [0.25, 0.3) is 0 Å². The molecule has 0 radical (unpaired) electrons. The molecule has 0 aromatic carbocycles. The fourth-order valence-corrected chi connectivity index (χ4v) is 6.87. The fourth-order valence-electron chi connectivity index (χ4n) is 6.87. The number of carbonyl (C=O) groups is 3. The number of esters is 2. The highest BCUT2D eigenvalue weighted by molar-refractivity contribution is 6.43. The van der Waals surface area contributed by atoms with E-state index in [1.165, 1.54) is 14.2 Å². The number of methoxy groups -OCH3 is 2. The molecule has 0 saturated heterocycles. The van der Waals surface area contributed by atoms with Crippen molar-refractivity contribution in [2.75, 3.05) is 14.2 Å². The van der Waals surface area contributed by atoms with Crippen LogP contribution in [0, 0.1) is 5.92 Å². The lowest BCUT2D eigenvalue weighted by Crippen LogP contribution is -2.23. The number of aliphatic imine (C=N–C) groups is 4. The fraction of sp³-hybridized carbons (Fsp3) is 0.361. The van der Waals surface area contributed by atoms with Gasteiger partial charge in [0.05, 0.1) is 59.9 Å². The quantitative estimate of drug-likeness (QED) is 0.267. The molecule has 1 unspecified atom stereocenters. The lowest BCUT2D eigenvalue weighted by atomic mass is 9.92. The number of rotatable bonds is 6. The van der Waals surface area contributed by atoms with Crippen LogP contribution >= 0.6 is 0 Å². The molecule has 0 amide bonds. The zero-order valence-electron chi connectivity index (χ0n) is 27.0. The zero-order valence-corrected chi connectivity index (χ0v) is 27.0. The second kappa shape index (κ2) is 11.3. The van der Waals surface area contributed by atoms with Crippen LogP contribution in [0.3, 0.4) is 0 Å². The van der Waals surface area contributed by atoms with Gasteiger partial charge in [-0.3, -0.25) is 14.4 Å². The SMILES string of the molecule is CCC1=C(C)C2=CC3=NC(=C4C5=NC(=CC6=NC(=CC1=N2)C(C)=C6CC)C(C)=C5C(=O)C4C(=O)OC)C(CCC(=O)OC)=C3C. The average Bonchev–Trinajstić information content (AvgIpc) is 3.76. The molecule has 0 aromatic rings. The lowest BCUT2D eigenvalue weighted by molar-refractivity contribution is -0.146. The Kier molecular flexibility index (Phi) is 7.59. The summed E-state index contributed by atoms with van der Waals surface area (Å²) in [5.41, 5.74) is 12.9. The number of ether oxygens (including phenoxy) is 2. The van der Waals surface area contributed by atoms with Crippen molar-refractivity contribution in [1.29, 1.82) is 0 Å². The normalized spacial score (nSPS) is 22.2. The molecule has 0 aromatic heterocycles. The van der Waals surface area contributed by atoms with Crippen LogP contribution in [0.5, 0.6) is 0 Å². The predicted molar refractivity (Wildman–Crippen MR) is 174 cm³/mol. The van der Waals surface area contributed by atoms with Gasteiger partial charge in [0, 0.05) is 17.6 Å². The van der Waals surface area contributed by atoms with Crippen molar-refractivity contribution in [2.45, 2.75) is 67.2 Å². The number of allylic oxidation sites excluding steroid dienone is 11. The Balaban J connectivity index is 1.69. The van der Waals surface area contributed by atoms with E-state index in [1.54, 1.807) is 0 Å². The Morgan fingerprint density at radius 1 is 0.711 bits per heavy atom. The Morgan fingerprint density at radius 2 is 1.27 bits per heavy atom. The molecule has 1 aliphatic carbocycles. The second-order valence-corrected chi connectivity index (χ2v) is 11.7. The third kappa shape index (κ3) is 4.64. The minimum atomic E-state index is -1.22. The molecule has 45 heavy (non-hydrogen) atoms. The monoisotopic (exact) mass is 604 g/mol. The van der Waals surface area contributed by atoms with E-state index >= 15 is 0 Å². The van der Waals surface area contributed by atoms with Gasteiger partial charge in [-0.15, -0.1) is 0 Å². The van der Waals surface area contributed by atoms with E-state index in [2.05, 4.69) is 33.8 Å². The topological polar surface area (TPSA) is 119 Å². The third-order valence-electron chi connectivity index (χ3n) is 9.44. The first-order valence-corrected chi connectivity index (χ1v) is 15.3. The summed E-state index contributed by atoms with van der Waals surface area (Å²) in [5, 5.41) is 0. The van der Waals surface area contributed by atoms with Crippen molar-refractivity contribution in [3.63, 3.8) is 0 Å². The Labute approximate surface area is 262 Å². The van der Waals surface area contributed by atoms with Gasteiger partial charge in [0.2, 0.25) is 0 Å². The first-order chi connectivity index (χ1) is 21.5. The maximum absolute atomic E-state index is 14.0. The maximum atomic E-state index is 14.0. The summed E-state index contributed by atoms with van der Waals surface area (Å²) in [5.74, 6) is -2.64. The number of hydrogen-bond donors (Lipinski definition) is 0. The summed E-state index contributed by atoms with van der Waals surface area (Å²) >= 11 is 0. The molecule has 0 N–H and O–H groups in total. The number of Topliss-reactive ketones (excluding diaryl/α,β-unsaturated/α-hetero) is 1. The van der Waals surface area contributed by atoms with Gasteiger partial charge in [0.25, 0.3) is 0 Å². The van der Waals surface area contributed by atoms with Crippen LogP contribution in [0.15, 0.2) is 111 Å². The summed E-state index contributed by atoms with van der Waals surface area (Å²) < 4.78 is 10.1. The summed E-state index contributed by atoms with van der Waals surface area (Å²) in [7, 11) is 2.62. The molecule has 5 aliphatic heterocycles. The van der Waals surface area contributed by atoms with Crippen LogP contribution in [0.2, 0.25) is 0 Å². The molecular formula is C36H36N4O5. The first-order valence-electron chi connectivity index (χ1n) is 15.3.